The minimum Gasteiger partial charge on any atom is -0.507 e. The number of ketones is 2. The lowest BCUT2D eigenvalue weighted by Gasteiger charge is -2.03. The zero-order valence-corrected chi connectivity index (χ0v) is 12.1. The maximum Gasteiger partial charge on any atom is 0.185 e. The second-order valence-electron chi connectivity index (χ2n) is 4.51. The molecule has 0 saturated heterocycles. The molecule has 3 nitrogen and oxygen atoms in total. The molecule has 0 bridgehead atoms. The summed E-state index contributed by atoms with van der Waals surface area (Å²) < 4.78 is 0. The van der Waals surface area contributed by atoms with Crippen LogP contribution in [0.3, 0.4) is 0 Å². The molecular formula is C17H13ClO3. The van der Waals surface area contributed by atoms with E-state index in [-0.39, 0.29) is 22.9 Å². The number of halogens is 1. The molecule has 0 radical (unpaired) electrons. The molecule has 4 heteroatoms. The van der Waals surface area contributed by atoms with Gasteiger partial charge in [0.05, 0.1) is 5.56 Å². The highest BCUT2D eigenvalue weighted by atomic mass is 35.5. The van der Waals surface area contributed by atoms with Gasteiger partial charge in [-0.3, -0.25) is 9.59 Å². The Morgan fingerprint density at radius 3 is 2.52 bits per heavy atom. The molecule has 2 rings (SSSR count). The monoisotopic (exact) mass is 300 g/mol. The van der Waals surface area contributed by atoms with Crippen molar-refractivity contribution >= 4 is 29.2 Å². The molecule has 0 aliphatic heterocycles. The van der Waals surface area contributed by atoms with Gasteiger partial charge in [-0.2, -0.15) is 0 Å². The highest BCUT2D eigenvalue weighted by Gasteiger charge is 2.10. The molecule has 0 aliphatic carbocycles. The van der Waals surface area contributed by atoms with Crippen LogP contribution in [0.25, 0.3) is 6.08 Å². The molecule has 0 saturated carbocycles. The molecule has 2 aromatic rings. The number of hydrogen-bond acceptors (Lipinski definition) is 3. The number of benzene rings is 2. The Hall–Kier alpha value is -2.39. The summed E-state index contributed by atoms with van der Waals surface area (Å²) in [5, 5.41) is 10.1. The zero-order valence-electron chi connectivity index (χ0n) is 11.3. The maximum atomic E-state index is 12.1. The summed E-state index contributed by atoms with van der Waals surface area (Å²) in [5.74, 6) is -0.691. The standard InChI is InChI=1S/C17H13ClO3/c1-11(19)14-10-13(7-9-17(14)21)16(20)8-6-12-4-2-3-5-15(12)18/h2-10,21H,1H3/b8-6+. The van der Waals surface area contributed by atoms with E-state index >= 15 is 0 Å². The third-order valence-corrected chi connectivity index (χ3v) is 3.32. The van der Waals surface area contributed by atoms with E-state index in [9.17, 15) is 14.7 Å². The molecule has 0 spiro atoms. The van der Waals surface area contributed by atoms with Crippen molar-refractivity contribution in [1.82, 2.24) is 0 Å². The first-order chi connectivity index (χ1) is 9.99. The quantitative estimate of drug-likeness (QED) is 0.682. The van der Waals surface area contributed by atoms with Gasteiger partial charge in [-0.1, -0.05) is 29.8 Å². The van der Waals surface area contributed by atoms with Crippen LogP contribution in [0.1, 0.15) is 33.2 Å². The van der Waals surface area contributed by atoms with Crippen LogP contribution in [-0.2, 0) is 0 Å². The fraction of sp³-hybridized carbons (Fsp3) is 0.0588. The highest BCUT2D eigenvalue weighted by Crippen LogP contribution is 2.20. The van der Waals surface area contributed by atoms with E-state index in [0.29, 0.717) is 10.6 Å². The smallest absolute Gasteiger partial charge is 0.185 e. The average molecular weight is 301 g/mol. The molecule has 1 N–H and O–H groups in total. The molecule has 0 aromatic heterocycles. The summed E-state index contributed by atoms with van der Waals surface area (Å²) in [6.45, 7) is 1.34. The summed E-state index contributed by atoms with van der Waals surface area (Å²) in [6, 6.07) is 11.4. The maximum absolute atomic E-state index is 12.1. The lowest BCUT2D eigenvalue weighted by molar-refractivity contribution is 0.101. The Morgan fingerprint density at radius 1 is 1.14 bits per heavy atom. The largest absolute Gasteiger partial charge is 0.507 e. The molecule has 0 atom stereocenters. The first-order valence-corrected chi connectivity index (χ1v) is 6.67. The third kappa shape index (κ3) is 3.58. The summed E-state index contributed by atoms with van der Waals surface area (Å²) >= 11 is 6.00. The first kappa shape index (κ1) is 15.0. The summed E-state index contributed by atoms with van der Waals surface area (Å²) in [5.41, 5.74) is 1.20. The predicted molar refractivity (Wildman–Crippen MR) is 82.9 cm³/mol. The molecule has 0 heterocycles. The van der Waals surface area contributed by atoms with Crippen molar-refractivity contribution in [3.05, 3.63) is 70.3 Å². The van der Waals surface area contributed by atoms with Gasteiger partial charge in [0.25, 0.3) is 0 Å². The van der Waals surface area contributed by atoms with E-state index in [1.807, 2.05) is 6.07 Å². The van der Waals surface area contributed by atoms with E-state index in [1.54, 1.807) is 24.3 Å². The fourth-order valence-corrected chi connectivity index (χ4v) is 2.04. The first-order valence-electron chi connectivity index (χ1n) is 6.30. The van der Waals surface area contributed by atoms with Gasteiger partial charge in [-0.05, 0) is 48.9 Å². The molecule has 0 unspecified atom stereocenters. The number of carbonyl (C=O) groups is 2. The van der Waals surface area contributed by atoms with E-state index in [2.05, 4.69) is 0 Å². The summed E-state index contributed by atoms with van der Waals surface area (Å²) in [4.78, 5) is 23.5. The number of phenols is 1. The van der Waals surface area contributed by atoms with Gasteiger partial charge in [0.15, 0.2) is 11.6 Å². The Labute approximate surface area is 127 Å². The minimum atomic E-state index is -0.294. The van der Waals surface area contributed by atoms with Crippen molar-refractivity contribution < 1.29 is 14.7 Å². The Kier molecular flexibility index (Phi) is 4.55. The predicted octanol–water partition coefficient (Wildman–Crippen LogP) is 4.14. The number of aromatic hydroxyl groups is 1. The number of allylic oxidation sites excluding steroid dienone is 1. The number of hydrogen-bond donors (Lipinski definition) is 1. The van der Waals surface area contributed by atoms with Crippen LogP contribution < -0.4 is 0 Å². The van der Waals surface area contributed by atoms with Crippen LogP contribution in [0.5, 0.6) is 5.75 Å². The molecule has 2 aromatic carbocycles. The Bertz CT molecular complexity index is 733. The van der Waals surface area contributed by atoms with Crippen LogP contribution in [0, 0.1) is 0 Å². The molecule has 106 valence electrons. The van der Waals surface area contributed by atoms with Crippen LogP contribution >= 0.6 is 11.6 Å². The van der Waals surface area contributed by atoms with E-state index in [0.717, 1.165) is 5.56 Å². The van der Waals surface area contributed by atoms with Crippen molar-refractivity contribution in [2.75, 3.05) is 0 Å². The minimum absolute atomic E-state index is 0.130. The second-order valence-corrected chi connectivity index (χ2v) is 4.91. The lowest BCUT2D eigenvalue weighted by Crippen LogP contribution is -1.99. The number of carbonyl (C=O) groups excluding carboxylic acids is 2. The van der Waals surface area contributed by atoms with Gasteiger partial charge in [-0.15, -0.1) is 0 Å². The van der Waals surface area contributed by atoms with Gasteiger partial charge in [0.2, 0.25) is 0 Å². The van der Waals surface area contributed by atoms with Crippen molar-refractivity contribution in [2.45, 2.75) is 6.92 Å². The topological polar surface area (TPSA) is 54.4 Å². The summed E-state index contributed by atoms with van der Waals surface area (Å²) in [7, 11) is 0. The van der Waals surface area contributed by atoms with Crippen LogP contribution in [0.4, 0.5) is 0 Å². The van der Waals surface area contributed by atoms with E-state index < -0.39 is 0 Å². The SMILES string of the molecule is CC(=O)c1cc(C(=O)/C=C/c2ccccc2Cl)ccc1O. The summed E-state index contributed by atoms with van der Waals surface area (Å²) in [6.07, 6.45) is 3.00. The van der Waals surface area contributed by atoms with Gasteiger partial charge < -0.3 is 5.11 Å². The molecule has 0 amide bonds. The van der Waals surface area contributed by atoms with E-state index in [1.165, 1.54) is 31.2 Å². The van der Waals surface area contributed by atoms with Gasteiger partial charge in [-0.25, -0.2) is 0 Å². The molecule has 0 aliphatic rings. The third-order valence-electron chi connectivity index (χ3n) is 2.98. The van der Waals surface area contributed by atoms with Gasteiger partial charge in [0.1, 0.15) is 5.75 Å². The fourth-order valence-electron chi connectivity index (χ4n) is 1.84. The van der Waals surface area contributed by atoms with Crippen LogP contribution in [0.15, 0.2) is 48.5 Å². The highest BCUT2D eigenvalue weighted by molar-refractivity contribution is 6.32. The molecular weight excluding hydrogens is 288 g/mol. The van der Waals surface area contributed by atoms with Crippen molar-refractivity contribution in [1.29, 1.82) is 0 Å². The van der Waals surface area contributed by atoms with Crippen molar-refractivity contribution in [3.63, 3.8) is 0 Å². The molecule has 21 heavy (non-hydrogen) atoms. The second kappa shape index (κ2) is 6.37. The Morgan fingerprint density at radius 2 is 1.86 bits per heavy atom. The van der Waals surface area contributed by atoms with Crippen molar-refractivity contribution in [3.8, 4) is 5.75 Å². The lowest BCUT2D eigenvalue weighted by atomic mass is 10.0. The number of Topliss-reactive ketones (excluding diaryl/α,β-unsaturated/α-hetero) is 1. The Balaban J connectivity index is 2.27. The average Bonchev–Trinajstić information content (AvgIpc) is 2.46. The van der Waals surface area contributed by atoms with Crippen molar-refractivity contribution in [2.24, 2.45) is 0 Å². The normalized spacial score (nSPS) is 10.8. The van der Waals surface area contributed by atoms with Gasteiger partial charge in [0, 0.05) is 10.6 Å². The van der Waals surface area contributed by atoms with E-state index in [4.69, 9.17) is 11.6 Å². The zero-order chi connectivity index (χ0) is 15.4. The number of rotatable bonds is 4. The van der Waals surface area contributed by atoms with Crippen LogP contribution in [0.2, 0.25) is 5.02 Å². The number of phenolic OH excluding ortho intramolecular Hbond substituents is 1. The van der Waals surface area contributed by atoms with Gasteiger partial charge >= 0.3 is 0 Å². The molecule has 0 fully saturated rings. The van der Waals surface area contributed by atoms with Crippen LogP contribution in [-0.4, -0.2) is 16.7 Å².